The van der Waals surface area contributed by atoms with E-state index in [1.165, 1.54) is 0 Å². The van der Waals surface area contributed by atoms with Crippen LogP contribution in [0.2, 0.25) is 18.1 Å². The van der Waals surface area contributed by atoms with Gasteiger partial charge in [0.05, 0.1) is 14.2 Å². The van der Waals surface area contributed by atoms with Crippen LogP contribution in [-0.2, 0) is 4.43 Å². The molecule has 0 radical (unpaired) electrons. The Morgan fingerprint density at radius 1 is 1.00 bits per heavy atom. The molecule has 2 rings (SSSR count). The van der Waals surface area contributed by atoms with E-state index in [4.69, 9.17) is 13.9 Å². The molecule has 31 heavy (non-hydrogen) atoms. The molecule has 0 saturated carbocycles. The highest BCUT2D eigenvalue weighted by Crippen LogP contribution is 2.37. The maximum Gasteiger partial charge on any atom is 0.251 e. The van der Waals surface area contributed by atoms with Crippen LogP contribution in [0.3, 0.4) is 0 Å². The maximum absolute atomic E-state index is 12.6. The van der Waals surface area contributed by atoms with E-state index in [9.17, 15) is 4.79 Å². The number of methoxy groups -OCH3 is 2. The molecule has 1 unspecified atom stereocenters. The highest BCUT2D eigenvalue weighted by atomic mass is 28.4. The quantitative estimate of drug-likeness (QED) is 0.484. The lowest BCUT2D eigenvalue weighted by atomic mass is 9.95. The van der Waals surface area contributed by atoms with Gasteiger partial charge in [0.25, 0.3) is 5.91 Å². The third kappa shape index (κ3) is 6.84. The molecule has 5 nitrogen and oxygen atoms in total. The zero-order chi connectivity index (χ0) is 23.1. The minimum atomic E-state index is -1.83. The van der Waals surface area contributed by atoms with Gasteiger partial charge in [0.15, 0.2) is 19.8 Å². The first-order valence-electron chi connectivity index (χ1n) is 10.8. The van der Waals surface area contributed by atoms with Crippen LogP contribution in [-0.4, -0.2) is 41.6 Å². The van der Waals surface area contributed by atoms with E-state index in [1.54, 1.807) is 14.2 Å². The summed E-state index contributed by atoms with van der Waals surface area (Å²) in [6.07, 6.45) is 0.803. The van der Waals surface area contributed by atoms with Gasteiger partial charge in [-0.05, 0) is 54.4 Å². The van der Waals surface area contributed by atoms with Crippen molar-refractivity contribution in [2.24, 2.45) is 0 Å². The smallest absolute Gasteiger partial charge is 0.251 e. The number of rotatable bonds is 10. The lowest BCUT2D eigenvalue weighted by Gasteiger charge is -2.36. The summed E-state index contributed by atoms with van der Waals surface area (Å²) in [5.74, 6) is 1.40. The van der Waals surface area contributed by atoms with Crippen LogP contribution in [0.15, 0.2) is 48.5 Å². The Kier molecular flexibility index (Phi) is 8.71. The summed E-state index contributed by atoms with van der Waals surface area (Å²) in [5.41, 5.74) is 1.75. The summed E-state index contributed by atoms with van der Waals surface area (Å²) >= 11 is 0. The third-order valence-electron chi connectivity index (χ3n) is 6.16. The maximum atomic E-state index is 12.6. The van der Waals surface area contributed by atoms with Crippen molar-refractivity contribution in [1.29, 1.82) is 0 Å². The molecule has 170 valence electrons. The first-order chi connectivity index (χ1) is 14.6. The van der Waals surface area contributed by atoms with Gasteiger partial charge in [-0.3, -0.25) is 4.79 Å². The minimum Gasteiger partial charge on any atom is -0.493 e. The highest BCUT2D eigenvalue weighted by Gasteiger charge is 2.37. The van der Waals surface area contributed by atoms with Gasteiger partial charge in [-0.2, -0.15) is 0 Å². The number of hydrogen-bond acceptors (Lipinski definition) is 4. The Balaban J connectivity index is 2.16. The van der Waals surface area contributed by atoms with Crippen molar-refractivity contribution in [3.05, 3.63) is 59.7 Å². The Morgan fingerprint density at radius 2 is 1.65 bits per heavy atom. The van der Waals surface area contributed by atoms with E-state index >= 15 is 0 Å². The Labute approximate surface area is 188 Å². The van der Waals surface area contributed by atoms with Gasteiger partial charge in [-0.1, -0.05) is 45.0 Å². The van der Waals surface area contributed by atoms with Crippen LogP contribution < -0.4 is 14.8 Å². The second kappa shape index (κ2) is 10.8. The predicted molar refractivity (Wildman–Crippen MR) is 129 cm³/mol. The molecule has 6 heteroatoms. The molecule has 1 atom stereocenters. The largest absolute Gasteiger partial charge is 0.493 e. The molecule has 0 aliphatic carbocycles. The Hall–Kier alpha value is -2.31. The molecule has 0 aromatic heterocycles. The van der Waals surface area contributed by atoms with Crippen molar-refractivity contribution in [1.82, 2.24) is 5.32 Å². The molecule has 0 bridgehead atoms. The van der Waals surface area contributed by atoms with Gasteiger partial charge in [-0.25, -0.2) is 0 Å². The number of hydrogen-bond donors (Lipinski definition) is 1. The van der Waals surface area contributed by atoms with E-state index in [1.807, 2.05) is 48.5 Å². The van der Waals surface area contributed by atoms with E-state index in [-0.39, 0.29) is 16.9 Å². The summed E-state index contributed by atoms with van der Waals surface area (Å²) in [4.78, 5) is 12.6. The SMILES string of the molecule is COc1ccc(C(CCO[Si](C)(C)C(C)(C)C)CNC(=O)c2ccccc2)cc1OC. The summed E-state index contributed by atoms with van der Waals surface area (Å²) in [6.45, 7) is 12.4. The van der Waals surface area contributed by atoms with Gasteiger partial charge in [-0.15, -0.1) is 0 Å². The fourth-order valence-corrected chi connectivity index (χ4v) is 4.13. The third-order valence-corrected chi connectivity index (χ3v) is 10.7. The number of benzene rings is 2. The predicted octanol–water partition coefficient (Wildman–Crippen LogP) is 5.63. The standard InChI is InChI=1S/C25H37NO4Si/c1-25(2,3)31(6,7)30-16-15-21(18-26-24(27)19-11-9-8-10-12-19)20-13-14-22(28-4)23(17-20)29-5/h8-14,17,21H,15-16,18H2,1-7H3,(H,26,27). The van der Waals surface area contributed by atoms with Gasteiger partial charge in [0.2, 0.25) is 0 Å². The lowest BCUT2D eigenvalue weighted by Crippen LogP contribution is -2.41. The normalized spacial score (nSPS) is 12.9. The first-order valence-corrected chi connectivity index (χ1v) is 13.7. The van der Waals surface area contributed by atoms with Gasteiger partial charge in [0.1, 0.15) is 0 Å². The molecular weight excluding hydrogens is 406 g/mol. The van der Waals surface area contributed by atoms with E-state index in [0.29, 0.717) is 30.2 Å². The van der Waals surface area contributed by atoms with Crippen molar-refractivity contribution < 1.29 is 18.7 Å². The number of ether oxygens (including phenoxy) is 2. The van der Waals surface area contributed by atoms with Crippen LogP contribution in [0.25, 0.3) is 0 Å². The van der Waals surface area contributed by atoms with E-state index in [0.717, 1.165) is 12.0 Å². The van der Waals surface area contributed by atoms with Crippen LogP contribution in [0.1, 0.15) is 49.0 Å². The highest BCUT2D eigenvalue weighted by molar-refractivity contribution is 6.74. The van der Waals surface area contributed by atoms with Crippen LogP contribution in [0.5, 0.6) is 11.5 Å². The van der Waals surface area contributed by atoms with Gasteiger partial charge in [0, 0.05) is 24.6 Å². The first kappa shape index (κ1) is 25.0. The fraction of sp³-hybridized carbons (Fsp3) is 0.480. The number of amides is 1. The van der Waals surface area contributed by atoms with Crippen LogP contribution in [0.4, 0.5) is 0 Å². The second-order valence-electron chi connectivity index (χ2n) is 9.28. The summed E-state index contributed by atoms with van der Waals surface area (Å²) in [7, 11) is 1.43. The average Bonchev–Trinajstić information content (AvgIpc) is 2.75. The van der Waals surface area contributed by atoms with Crippen molar-refractivity contribution in [3.8, 4) is 11.5 Å². The molecule has 1 amide bonds. The minimum absolute atomic E-state index is 0.0728. The Bertz CT molecular complexity index is 846. The van der Waals surface area contributed by atoms with Crippen LogP contribution >= 0.6 is 0 Å². The zero-order valence-electron chi connectivity index (χ0n) is 20.0. The topological polar surface area (TPSA) is 56.8 Å². The number of carbonyl (C=O) groups is 1. The molecule has 0 spiro atoms. The number of carbonyl (C=O) groups excluding carboxylic acids is 1. The van der Waals surface area contributed by atoms with E-state index < -0.39 is 8.32 Å². The summed E-state index contributed by atoms with van der Waals surface area (Å²) in [5, 5.41) is 3.25. The summed E-state index contributed by atoms with van der Waals surface area (Å²) < 4.78 is 17.3. The lowest BCUT2D eigenvalue weighted by molar-refractivity contribution is 0.0949. The second-order valence-corrected chi connectivity index (χ2v) is 14.1. The molecule has 0 fully saturated rings. The van der Waals surface area contributed by atoms with Crippen molar-refractivity contribution in [2.75, 3.05) is 27.4 Å². The molecule has 0 aliphatic heterocycles. The zero-order valence-corrected chi connectivity index (χ0v) is 21.0. The summed E-state index contributed by atoms with van der Waals surface area (Å²) in [6, 6.07) is 15.2. The van der Waals surface area contributed by atoms with Gasteiger partial charge >= 0.3 is 0 Å². The Morgan fingerprint density at radius 3 is 2.23 bits per heavy atom. The van der Waals surface area contributed by atoms with Crippen molar-refractivity contribution in [3.63, 3.8) is 0 Å². The monoisotopic (exact) mass is 443 g/mol. The molecule has 0 saturated heterocycles. The van der Waals surface area contributed by atoms with Crippen molar-refractivity contribution in [2.45, 2.75) is 51.2 Å². The fourth-order valence-electron chi connectivity index (χ4n) is 3.07. The van der Waals surface area contributed by atoms with Gasteiger partial charge < -0.3 is 19.2 Å². The van der Waals surface area contributed by atoms with E-state index in [2.05, 4.69) is 39.2 Å². The number of nitrogens with one attached hydrogen (secondary N) is 1. The molecule has 2 aromatic rings. The molecular formula is C25H37NO4Si. The molecule has 1 N–H and O–H groups in total. The molecule has 2 aromatic carbocycles. The molecule has 0 aliphatic rings. The molecule has 0 heterocycles. The average molecular weight is 444 g/mol. The van der Waals surface area contributed by atoms with Crippen LogP contribution in [0, 0.1) is 0 Å². The van der Waals surface area contributed by atoms with Crippen molar-refractivity contribution >= 4 is 14.2 Å².